The summed E-state index contributed by atoms with van der Waals surface area (Å²) in [5.74, 6) is 0.750. The van der Waals surface area contributed by atoms with E-state index in [1.54, 1.807) is 6.20 Å². The van der Waals surface area contributed by atoms with Crippen molar-refractivity contribution < 1.29 is 4.79 Å². The predicted molar refractivity (Wildman–Crippen MR) is 84.2 cm³/mol. The molecule has 0 saturated carbocycles. The number of nitrogens with one attached hydrogen (secondary N) is 1. The Labute approximate surface area is 128 Å². The smallest absolute Gasteiger partial charge is 0.257 e. The van der Waals surface area contributed by atoms with Crippen LogP contribution >= 0.6 is 15.9 Å². The van der Waals surface area contributed by atoms with Crippen molar-refractivity contribution in [3.05, 3.63) is 22.3 Å². The lowest BCUT2D eigenvalue weighted by Gasteiger charge is -2.36. The van der Waals surface area contributed by atoms with E-state index in [0.717, 1.165) is 17.6 Å². The molecule has 2 atom stereocenters. The van der Waals surface area contributed by atoms with Crippen LogP contribution in [0.4, 0.5) is 5.82 Å². The van der Waals surface area contributed by atoms with Crippen LogP contribution in [-0.2, 0) is 0 Å². The molecule has 1 fully saturated rings. The van der Waals surface area contributed by atoms with Gasteiger partial charge in [0, 0.05) is 49.9 Å². The molecule has 5 nitrogen and oxygen atoms in total. The fourth-order valence-corrected chi connectivity index (χ4v) is 2.94. The highest BCUT2D eigenvalue weighted by molar-refractivity contribution is 9.10. The summed E-state index contributed by atoms with van der Waals surface area (Å²) >= 11 is 3.40. The van der Waals surface area contributed by atoms with Gasteiger partial charge in [0.1, 0.15) is 5.82 Å². The SMILES string of the molecule is C[C@@H]1CN(C(=O)c2cc(Br)cnc2N(C)C)C[C@@H](C)N1. The average Bonchev–Trinajstić information content (AvgIpc) is 2.36. The van der Waals surface area contributed by atoms with Crippen LogP contribution in [0.1, 0.15) is 24.2 Å². The van der Waals surface area contributed by atoms with E-state index in [1.165, 1.54) is 0 Å². The van der Waals surface area contributed by atoms with Crippen molar-refractivity contribution in [2.75, 3.05) is 32.1 Å². The lowest BCUT2D eigenvalue weighted by atomic mass is 10.1. The molecule has 0 aromatic carbocycles. The van der Waals surface area contributed by atoms with Crippen LogP contribution in [0.2, 0.25) is 0 Å². The van der Waals surface area contributed by atoms with Gasteiger partial charge in [0.05, 0.1) is 5.56 Å². The Hall–Kier alpha value is -1.14. The van der Waals surface area contributed by atoms with E-state index in [-0.39, 0.29) is 5.91 Å². The van der Waals surface area contributed by atoms with E-state index in [2.05, 4.69) is 40.1 Å². The molecule has 0 radical (unpaired) electrons. The lowest BCUT2D eigenvalue weighted by Crippen LogP contribution is -2.55. The highest BCUT2D eigenvalue weighted by atomic mass is 79.9. The second kappa shape index (κ2) is 6.10. The molecule has 1 aliphatic rings. The van der Waals surface area contributed by atoms with Crippen molar-refractivity contribution in [3.8, 4) is 0 Å². The Morgan fingerprint density at radius 2 is 2.00 bits per heavy atom. The van der Waals surface area contributed by atoms with Crippen molar-refractivity contribution in [1.29, 1.82) is 0 Å². The third-order valence-corrected chi connectivity index (χ3v) is 3.77. The number of aromatic nitrogens is 1. The van der Waals surface area contributed by atoms with E-state index in [9.17, 15) is 4.79 Å². The Kier molecular flexibility index (Phi) is 4.65. The lowest BCUT2D eigenvalue weighted by molar-refractivity contribution is 0.0674. The summed E-state index contributed by atoms with van der Waals surface area (Å²) in [4.78, 5) is 20.9. The molecule has 0 unspecified atom stereocenters. The van der Waals surface area contributed by atoms with Gasteiger partial charge in [-0.3, -0.25) is 4.79 Å². The van der Waals surface area contributed by atoms with Gasteiger partial charge >= 0.3 is 0 Å². The molecule has 1 saturated heterocycles. The highest BCUT2D eigenvalue weighted by Crippen LogP contribution is 2.22. The average molecular weight is 341 g/mol. The molecule has 0 aliphatic carbocycles. The molecule has 110 valence electrons. The number of carbonyl (C=O) groups excluding carboxylic acids is 1. The molecule has 6 heteroatoms. The fourth-order valence-electron chi connectivity index (χ4n) is 2.61. The number of halogens is 1. The maximum Gasteiger partial charge on any atom is 0.257 e. The minimum absolute atomic E-state index is 0.0442. The van der Waals surface area contributed by atoms with Crippen molar-refractivity contribution in [1.82, 2.24) is 15.2 Å². The zero-order valence-electron chi connectivity index (χ0n) is 12.4. The van der Waals surface area contributed by atoms with Crippen molar-refractivity contribution in [3.63, 3.8) is 0 Å². The maximum absolute atomic E-state index is 12.8. The summed E-state index contributed by atoms with van der Waals surface area (Å²) in [6.07, 6.45) is 1.72. The summed E-state index contributed by atoms with van der Waals surface area (Å²) < 4.78 is 0.822. The highest BCUT2D eigenvalue weighted by Gasteiger charge is 2.27. The molecule has 1 aromatic rings. The minimum Gasteiger partial charge on any atom is -0.362 e. The van der Waals surface area contributed by atoms with Gasteiger partial charge in [0.15, 0.2) is 0 Å². The largest absolute Gasteiger partial charge is 0.362 e. The monoisotopic (exact) mass is 340 g/mol. The second-order valence-corrected chi connectivity index (χ2v) is 6.51. The second-order valence-electron chi connectivity index (χ2n) is 5.60. The molecule has 1 aromatic heterocycles. The summed E-state index contributed by atoms with van der Waals surface area (Å²) in [5, 5.41) is 3.44. The van der Waals surface area contributed by atoms with Crippen molar-refractivity contribution in [2.24, 2.45) is 0 Å². The maximum atomic E-state index is 12.8. The van der Waals surface area contributed by atoms with E-state index >= 15 is 0 Å². The van der Waals surface area contributed by atoms with Crippen LogP contribution in [0.25, 0.3) is 0 Å². The Morgan fingerprint density at radius 3 is 2.55 bits per heavy atom. The predicted octanol–water partition coefficient (Wildman–Crippen LogP) is 1.73. The quantitative estimate of drug-likeness (QED) is 0.890. The minimum atomic E-state index is 0.0442. The molecule has 0 spiro atoms. The zero-order valence-corrected chi connectivity index (χ0v) is 13.9. The van der Waals surface area contributed by atoms with Crippen LogP contribution < -0.4 is 10.2 Å². The molecular formula is C14H21BrN4O. The first kappa shape index (κ1) is 15.3. The molecule has 0 bridgehead atoms. The van der Waals surface area contributed by atoms with Gasteiger partial charge < -0.3 is 15.1 Å². The Bertz CT molecular complexity index is 496. The van der Waals surface area contributed by atoms with Gasteiger partial charge in [-0.1, -0.05) is 0 Å². The normalized spacial score (nSPS) is 22.8. The number of pyridine rings is 1. The summed E-state index contributed by atoms with van der Waals surface area (Å²) in [7, 11) is 3.80. The van der Waals surface area contributed by atoms with Gasteiger partial charge in [-0.05, 0) is 35.8 Å². The molecule has 1 amide bonds. The number of amides is 1. The van der Waals surface area contributed by atoms with Crippen molar-refractivity contribution in [2.45, 2.75) is 25.9 Å². The number of carbonyl (C=O) groups is 1. The first-order valence-corrected chi connectivity index (χ1v) is 7.56. The standard InChI is InChI=1S/C14H21BrN4O/c1-9-7-19(8-10(2)17-9)14(20)12-5-11(15)6-16-13(12)18(3)4/h5-6,9-10,17H,7-8H2,1-4H3/t9-,10-/m1/s1. The third kappa shape index (κ3) is 3.30. The first-order chi connectivity index (χ1) is 9.38. The first-order valence-electron chi connectivity index (χ1n) is 6.76. The van der Waals surface area contributed by atoms with Crippen molar-refractivity contribution >= 4 is 27.7 Å². The van der Waals surface area contributed by atoms with Crippen LogP contribution in [-0.4, -0.2) is 55.1 Å². The number of nitrogens with zero attached hydrogens (tertiary/aromatic N) is 3. The Balaban J connectivity index is 2.30. The Morgan fingerprint density at radius 1 is 1.40 bits per heavy atom. The van der Waals surface area contributed by atoms with Gasteiger partial charge in [-0.15, -0.1) is 0 Å². The van der Waals surface area contributed by atoms with E-state index in [4.69, 9.17) is 0 Å². The van der Waals surface area contributed by atoms with E-state index in [1.807, 2.05) is 30.0 Å². The molecule has 1 N–H and O–H groups in total. The van der Waals surface area contributed by atoms with Gasteiger partial charge in [0.25, 0.3) is 5.91 Å². The summed E-state index contributed by atoms with van der Waals surface area (Å²) in [6, 6.07) is 2.47. The fraction of sp³-hybridized carbons (Fsp3) is 0.571. The summed E-state index contributed by atoms with van der Waals surface area (Å²) in [6.45, 7) is 5.65. The molecule has 2 rings (SSSR count). The molecule has 1 aliphatic heterocycles. The number of hydrogen-bond donors (Lipinski definition) is 1. The summed E-state index contributed by atoms with van der Waals surface area (Å²) in [5.41, 5.74) is 0.644. The number of hydrogen-bond acceptors (Lipinski definition) is 4. The van der Waals surface area contributed by atoms with Gasteiger partial charge in [-0.25, -0.2) is 4.98 Å². The van der Waals surface area contributed by atoms with Crippen LogP contribution in [0.3, 0.4) is 0 Å². The van der Waals surface area contributed by atoms with E-state index < -0.39 is 0 Å². The zero-order chi connectivity index (χ0) is 14.9. The number of piperazine rings is 1. The van der Waals surface area contributed by atoms with Gasteiger partial charge in [0.2, 0.25) is 0 Å². The topological polar surface area (TPSA) is 48.5 Å². The molecule has 20 heavy (non-hydrogen) atoms. The molecular weight excluding hydrogens is 320 g/mol. The third-order valence-electron chi connectivity index (χ3n) is 3.33. The van der Waals surface area contributed by atoms with Gasteiger partial charge in [-0.2, -0.15) is 0 Å². The number of rotatable bonds is 2. The van der Waals surface area contributed by atoms with E-state index in [0.29, 0.717) is 23.5 Å². The van der Waals surface area contributed by atoms with Crippen LogP contribution in [0.15, 0.2) is 16.7 Å². The molecule has 2 heterocycles. The number of anilines is 1. The van der Waals surface area contributed by atoms with Crippen LogP contribution in [0, 0.1) is 0 Å². The van der Waals surface area contributed by atoms with Crippen LogP contribution in [0.5, 0.6) is 0 Å².